The molecule has 1 saturated carbocycles. The maximum absolute atomic E-state index is 12.8. The number of hydrogen-bond donors (Lipinski definition) is 0. The summed E-state index contributed by atoms with van der Waals surface area (Å²) in [5.74, 6) is -0.471. The lowest BCUT2D eigenvalue weighted by Gasteiger charge is -2.21. The fourth-order valence-corrected chi connectivity index (χ4v) is 3.00. The monoisotopic (exact) mass is 354 g/mol. The number of benzene rings is 2. The van der Waals surface area contributed by atoms with Crippen molar-refractivity contribution in [3.8, 4) is 0 Å². The number of esters is 1. The quantitative estimate of drug-likeness (QED) is 0.444. The first-order chi connectivity index (χ1) is 12.1. The number of carbonyl (C=O) groups is 2. The molecule has 0 radical (unpaired) electrons. The van der Waals surface area contributed by atoms with Gasteiger partial charge in [0.25, 0.3) is 0 Å². The van der Waals surface area contributed by atoms with E-state index in [0.717, 1.165) is 18.4 Å². The Hall–Kier alpha value is -2.39. The predicted octanol–water partition coefficient (Wildman–Crippen LogP) is 4.94. The Kier molecular flexibility index (Phi) is 5.67. The Balaban J connectivity index is 1.90. The number of rotatable bonds is 4. The van der Waals surface area contributed by atoms with Crippen LogP contribution in [0.3, 0.4) is 0 Å². The summed E-state index contributed by atoms with van der Waals surface area (Å²) in [6.07, 6.45) is 4.01. The minimum absolute atomic E-state index is 0.00904. The van der Waals surface area contributed by atoms with Crippen molar-refractivity contribution >= 4 is 35.0 Å². The minimum atomic E-state index is -0.632. The fourth-order valence-electron chi connectivity index (χ4n) is 2.87. The molecule has 0 N–H and O–H groups in total. The first kappa shape index (κ1) is 17.4. The smallest absolute Gasteiger partial charge is 0.339 e. The number of halogens is 1. The van der Waals surface area contributed by atoms with Crippen LogP contribution in [0.15, 0.2) is 54.6 Å². The lowest BCUT2D eigenvalue weighted by Crippen LogP contribution is -2.30. The summed E-state index contributed by atoms with van der Waals surface area (Å²) in [4.78, 5) is 24.7. The lowest BCUT2D eigenvalue weighted by molar-refractivity contribution is -0.151. The molecule has 1 fully saturated rings. The highest BCUT2D eigenvalue weighted by molar-refractivity contribution is 6.30. The molecule has 4 heteroatoms. The third-order valence-electron chi connectivity index (χ3n) is 4.23. The van der Waals surface area contributed by atoms with Crippen molar-refractivity contribution in [2.45, 2.75) is 31.8 Å². The lowest BCUT2D eigenvalue weighted by atomic mass is 9.96. The number of hydrogen-bond acceptors (Lipinski definition) is 3. The summed E-state index contributed by atoms with van der Waals surface area (Å²) < 4.78 is 5.53. The highest BCUT2D eigenvalue weighted by Crippen LogP contribution is 2.25. The SMILES string of the molecule is O=C(OC1CCCCC1=O)C(=Cc1ccccc1)c1ccc(Cl)cc1. The summed E-state index contributed by atoms with van der Waals surface area (Å²) >= 11 is 5.95. The zero-order valence-electron chi connectivity index (χ0n) is 13.8. The molecular weight excluding hydrogens is 336 g/mol. The molecule has 1 aliphatic rings. The van der Waals surface area contributed by atoms with Crippen molar-refractivity contribution < 1.29 is 14.3 Å². The van der Waals surface area contributed by atoms with Crippen molar-refractivity contribution in [2.24, 2.45) is 0 Å². The van der Waals surface area contributed by atoms with Gasteiger partial charge < -0.3 is 4.74 Å². The van der Waals surface area contributed by atoms with Gasteiger partial charge >= 0.3 is 5.97 Å². The molecule has 0 saturated heterocycles. The third-order valence-corrected chi connectivity index (χ3v) is 4.49. The summed E-state index contributed by atoms with van der Waals surface area (Å²) in [6, 6.07) is 16.6. The summed E-state index contributed by atoms with van der Waals surface area (Å²) in [7, 11) is 0. The Morgan fingerprint density at radius 1 is 1.04 bits per heavy atom. The average Bonchev–Trinajstić information content (AvgIpc) is 2.63. The van der Waals surface area contributed by atoms with Crippen molar-refractivity contribution in [3.63, 3.8) is 0 Å². The summed E-state index contributed by atoms with van der Waals surface area (Å²) in [5.41, 5.74) is 2.02. The number of Topliss-reactive ketones (excluding diaryl/α,β-unsaturated/α-hetero) is 1. The maximum atomic E-state index is 12.8. The fraction of sp³-hybridized carbons (Fsp3) is 0.238. The summed E-state index contributed by atoms with van der Waals surface area (Å²) in [6.45, 7) is 0. The molecule has 3 nitrogen and oxygen atoms in total. The molecular formula is C21H19ClO3. The van der Waals surface area contributed by atoms with Gasteiger partial charge in [-0.3, -0.25) is 4.79 Å². The van der Waals surface area contributed by atoms with Crippen LogP contribution < -0.4 is 0 Å². The van der Waals surface area contributed by atoms with E-state index in [9.17, 15) is 9.59 Å². The van der Waals surface area contributed by atoms with Gasteiger partial charge in [0.05, 0.1) is 5.57 Å². The Labute approximate surface area is 152 Å². The molecule has 3 rings (SSSR count). The van der Waals surface area contributed by atoms with Crippen LogP contribution >= 0.6 is 11.6 Å². The standard InChI is InChI=1S/C21H19ClO3/c22-17-12-10-16(11-13-17)18(14-15-6-2-1-3-7-15)21(24)25-20-9-5-4-8-19(20)23/h1-3,6-7,10-14,20H,4-5,8-9H2. The topological polar surface area (TPSA) is 43.4 Å². The van der Waals surface area contributed by atoms with Gasteiger partial charge in [-0.05, 0) is 48.6 Å². The van der Waals surface area contributed by atoms with Crippen LogP contribution in [0.1, 0.15) is 36.8 Å². The molecule has 0 aromatic heterocycles. The van der Waals surface area contributed by atoms with E-state index in [0.29, 0.717) is 29.0 Å². The van der Waals surface area contributed by atoms with Gasteiger partial charge in [0.1, 0.15) is 0 Å². The average molecular weight is 355 g/mol. The second-order valence-corrected chi connectivity index (χ2v) is 6.52. The molecule has 1 atom stereocenters. The van der Waals surface area contributed by atoms with Crippen LogP contribution in [0.4, 0.5) is 0 Å². The van der Waals surface area contributed by atoms with Gasteiger partial charge in [-0.2, -0.15) is 0 Å². The number of ketones is 1. The minimum Gasteiger partial charge on any atom is -0.451 e. The van der Waals surface area contributed by atoms with Crippen LogP contribution in [-0.4, -0.2) is 17.9 Å². The van der Waals surface area contributed by atoms with E-state index in [-0.39, 0.29) is 5.78 Å². The predicted molar refractivity (Wildman–Crippen MR) is 99.1 cm³/mol. The molecule has 0 heterocycles. The van der Waals surface area contributed by atoms with Gasteiger partial charge in [0.2, 0.25) is 0 Å². The number of ether oxygens (including phenoxy) is 1. The second-order valence-electron chi connectivity index (χ2n) is 6.08. The zero-order chi connectivity index (χ0) is 17.6. The van der Waals surface area contributed by atoms with E-state index in [1.54, 1.807) is 30.3 Å². The van der Waals surface area contributed by atoms with Gasteiger partial charge in [0.15, 0.2) is 11.9 Å². The molecule has 25 heavy (non-hydrogen) atoms. The van der Waals surface area contributed by atoms with E-state index < -0.39 is 12.1 Å². The molecule has 0 spiro atoms. The molecule has 2 aromatic rings. The van der Waals surface area contributed by atoms with Crippen LogP contribution in [0, 0.1) is 0 Å². The van der Waals surface area contributed by atoms with Gasteiger partial charge in [-0.1, -0.05) is 54.1 Å². The first-order valence-electron chi connectivity index (χ1n) is 8.40. The maximum Gasteiger partial charge on any atom is 0.339 e. The first-order valence-corrected chi connectivity index (χ1v) is 8.77. The summed E-state index contributed by atoms with van der Waals surface area (Å²) in [5, 5.41) is 0.596. The molecule has 0 amide bonds. The van der Waals surface area contributed by atoms with Crippen LogP contribution in [-0.2, 0) is 14.3 Å². The number of carbonyl (C=O) groups excluding carboxylic acids is 2. The molecule has 1 unspecified atom stereocenters. The third kappa shape index (κ3) is 4.58. The van der Waals surface area contributed by atoms with Crippen molar-refractivity contribution in [1.29, 1.82) is 0 Å². The van der Waals surface area contributed by atoms with E-state index in [2.05, 4.69) is 0 Å². The van der Waals surface area contributed by atoms with Crippen LogP contribution in [0.5, 0.6) is 0 Å². The molecule has 0 bridgehead atoms. The Morgan fingerprint density at radius 3 is 2.44 bits per heavy atom. The van der Waals surface area contributed by atoms with Crippen molar-refractivity contribution in [2.75, 3.05) is 0 Å². The molecule has 0 aliphatic heterocycles. The zero-order valence-corrected chi connectivity index (χ0v) is 14.5. The molecule has 1 aliphatic carbocycles. The molecule has 128 valence electrons. The van der Waals surface area contributed by atoms with Crippen LogP contribution in [0.25, 0.3) is 11.6 Å². The van der Waals surface area contributed by atoms with Gasteiger partial charge in [-0.15, -0.1) is 0 Å². The highest BCUT2D eigenvalue weighted by Gasteiger charge is 2.27. The van der Waals surface area contributed by atoms with Crippen molar-refractivity contribution in [1.82, 2.24) is 0 Å². The largest absolute Gasteiger partial charge is 0.451 e. The van der Waals surface area contributed by atoms with Gasteiger partial charge in [-0.25, -0.2) is 4.79 Å². The molecule has 2 aromatic carbocycles. The van der Waals surface area contributed by atoms with E-state index in [1.165, 1.54) is 0 Å². The Morgan fingerprint density at radius 2 is 1.76 bits per heavy atom. The van der Waals surface area contributed by atoms with Crippen LogP contribution in [0.2, 0.25) is 5.02 Å². The van der Waals surface area contributed by atoms with Gasteiger partial charge in [0, 0.05) is 11.4 Å². The highest BCUT2D eigenvalue weighted by atomic mass is 35.5. The van der Waals surface area contributed by atoms with E-state index in [1.807, 2.05) is 30.3 Å². The van der Waals surface area contributed by atoms with Crippen molar-refractivity contribution in [3.05, 3.63) is 70.7 Å². The Bertz CT molecular complexity index is 779. The second kappa shape index (κ2) is 8.13. The normalized spacial score (nSPS) is 18.0. The van der Waals surface area contributed by atoms with E-state index in [4.69, 9.17) is 16.3 Å². The van der Waals surface area contributed by atoms with E-state index >= 15 is 0 Å².